The lowest BCUT2D eigenvalue weighted by Crippen LogP contribution is -2.21. The molecule has 2 aliphatic rings. The number of halogens is 1. The van der Waals surface area contributed by atoms with Gasteiger partial charge in [0.25, 0.3) is 0 Å². The van der Waals surface area contributed by atoms with Gasteiger partial charge in [-0.2, -0.15) is 17.5 Å². The Morgan fingerprint density at radius 3 is 1.44 bits per heavy atom. The van der Waals surface area contributed by atoms with E-state index in [2.05, 4.69) is 17.5 Å². The van der Waals surface area contributed by atoms with Gasteiger partial charge in [-0.05, 0) is 50.2 Å². The summed E-state index contributed by atoms with van der Waals surface area (Å²) in [6.45, 7) is 3.98. The van der Waals surface area contributed by atoms with Crippen molar-refractivity contribution in [1.29, 1.82) is 0 Å². The van der Waals surface area contributed by atoms with Gasteiger partial charge >= 0.3 is 0 Å². The fraction of sp³-hybridized carbons (Fsp3) is 0.0476. The van der Waals surface area contributed by atoms with Crippen LogP contribution < -0.4 is 4.74 Å². The number of nitrogens with zero attached hydrogens (tertiary/aromatic N) is 4. The molecule has 1 N–H and O–H groups in total. The van der Waals surface area contributed by atoms with Gasteiger partial charge in [-0.25, -0.2) is 0 Å². The Labute approximate surface area is 326 Å². The van der Waals surface area contributed by atoms with E-state index in [1.54, 1.807) is 66.7 Å². The van der Waals surface area contributed by atoms with Crippen molar-refractivity contribution in [3.8, 4) is 17.2 Å². The summed E-state index contributed by atoms with van der Waals surface area (Å²) in [5, 5.41) is 9.10. The number of phenolic OH excluding ortho intramolecular Hbond substituents is 1. The highest BCUT2D eigenvalue weighted by Crippen LogP contribution is 2.39. The lowest BCUT2D eigenvalue weighted by molar-refractivity contribution is 0.0980. The first kappa shape index (κ1) is 35.6. The van der Waals surface area contributed by atoms with Gasteiger partial charge in [-0.3, -0.25) is 19.2 Å². The van der Waals surface area contributed by atoms with Gasteiger partial charge in [0, 0.05) is 33.4 Å². The molecule has 0 unspecified atom stereocenters. The van der Waals surface area contributed by atoms with E-state index in [4.69, 9.17) is 21.4 Å². The summed E-state index contributed by atoms with van der Waals surface area (Å²) in [6.07, 6.45) is 0. The molecule has 10 rings (SSSR count). The first-order valence-corrected chi connectivity index (χ1v) is 18.6. The lowest BCUT2D eigenvalue weighted by atomic mass is 9.83. The van der Waals surface area contributed by atoms with Crippen LogP contribution in [-0.4, -0.2) is 45.7 Å². The third kappa shape index (κ3) is 6.46. The van der Waals surface area contributed by atoms with E-state index in [0.29, 0.717) is 88.8 Å². The standard InChI is InChI=1S/C21H12N2O3S.C14H5ClN2O2S.C7H8O/c1-11-6-8-12(9-7-11)26-16-10-15-17(19-18(16)22-27-23-19)21(25)14-5-3-2-4-13(14)20(15)24;15-9-5-8-10(12-11(9)16-20-17-12)14(19)7-4-2-1-3-6(7)13(8)18;1-6-2-4-7(8)5-3-6/h2-10H,1H3;1-5H;2-5,8H,1H3. The van der Waals surface area contributed by atoms with Gasteiger partial charge in [-0.1, -0.05) is 95.5 Å². The SMILES string of the molecule is Cc1ccc(O)cc1.Cc1ccc(Oc2cc3c(c4nsnc24)C(=O)c2ccccc2C3=O)cc1.O=C1c2ccccc2C(=O)c2c1cc(Cl)c1nsnc21. The van der Waals surface area contributed by atoms with E-state index in [1.165, 1.54) is 11.6 Å². The highest BCUT2D eigenvalue weighted by atomic mass is 35.5. The molecule has 0 amide bonds. The van der Waals surface area contributed by atoms with Crippen LogP contribution in [-0.2, 0) is 0 Å². The van der Waals surface area contributed by atoms with Crippen LogP contribution in [0.4, 0.5) is 0 Å². The number of phenols is 1. The number of aryl methyl sites for hydroxylation is 2. The number of ketones is 4. The van der Waals surface area contributed by atoms with Crippen LogP contribution in [0.15, 0.2) is 109 Å². The summed E-state index contributed by atoms with van der Waals surface area (Å²) in [5.74, 6) is 0.558. The maximum absolute atomic E-state index is 13.0. The van der Waals surface area contributed by atoms with Crippen molar-refractivity contribution in [2.45, 2.75) is 13.8 Å². The first-order valence-electron chi connectivity index (χ1n) is 16.7. The topological polar surface area (TPSA) is 149 Å². The van der Waals surface area contributed by atoms with E-state index >= 15 is 0 Å². The Balaban J connectivity index is 0.000000133. The van der Waals surface area contributed by atoms with Crippen molar-refractivity contribution in [3.05, 3.63) is 170 Å². The van der Waals surface area contributed by atoms with Gasteiger partial charge in [0.15, 0.2) is 28.9 Å². The number of aromatic nitrogens is 4. The zero-order chi connectivity index (χ0) is 38.4. The zero-order valence-electron chi connectivity index (χ0n) is 28.9. The van der Waals surface area contributed by atoms with Crippen molar-refractivity contribution < 1.29 is 29.0 Å². The Morgan fingerprint density at radius 2 is 0.927 bits per heavy atom. The number of rotatable bonds is 2. The molecular formula is C42H25ClN4O6S2. The van der Waals surface area contributed by atoms with Crippen molar-refractivity contribution in [3.63, 3.8) is 0 Å². The molecule has 0 aliphatic heterocycles. The smallest absolute Gasteiger partial charge is 0.196 e. The van der Waals surface area contributed by atoms with E-state index < -0.39 is 0 Å². The quantitative estimate of drug-likeness (QED) is 0.180. The van der Waals surface area contributed by atoms with E-state index in [-0.39, 0.29) is 23.1 Å². The maximum atomic E-state index is 13.0. The third-order valence-electron chi connectivity index (χ3n) is 9.05. The minimum Gasteiger partial charge on any atom is -0.508 e. The van der Waals surface area contributed by atoms with Crippen LogP contribution in [0.25, 0.3) is 22.1 Å². The van der Waals surface area contributed by atoms with Gasteiger partial charge in [0.2, 0.25) is 0 Å². The second-order valence-corrected chi connectivity index (χ2v) is 14.1. The molecule has 268 valence electrons. The number of hydrogen-bond acceptors (Lipinski definition) is 12. The Bertz CT molecular complexity index is 2850. The molecule has 2 aromatic heterocycles. The summed E-state index contributed by atoms with van der Waals surface area (Å²) in [6, 6.07) is 31.4. The highest BCUT2D eigenvalue weighted by Gasteiger charge is 2.35. The van der Waals surface area contributed by atoms with Crippen LogP contribution in [0.5, 0.6) is 17.2 Å². The Kier molecular flexibility index (Phi) is 9.31. The molecule has 0 radical (unpaired) electrons. The minimum atomic E-state index is -0.209. The zero-order valence-corrected chi connectivity index (χ0v) is 31.3. The number of hydrogen-bond donors (Lipinski definition) is 1. The summed E-state index contributed by atoms with van der Waals surface area (Å²) < 4.78 is 22.8. The summed E-state index contributed by atoms with van der Waals surface area (Å²) in [5.41, 5.74) is 6.89. The molecule has 55 heavy (non-hydrogen) atoms. The average Bonchev–Trinajstić information content (AvgIpc) is 3.90. The van der Waals surface area contributed by atoms with Crippen LogP contribution in [0, 0.1) is 13.8 Å². The monoisotopic (exact) mass is 780 g/mol. The van der Waals surface area contributed by atoms with Gasteiger partial charge in [-0.15, -0.1) is 0 Å². The van der Waals surface area contributed by atoms with Gasteiger partial charge in [0.05, 0.1) is 39.6 Å². The fourth-order valence-corrected chi connectivity index (χ4v) is 7.72. The first-order chi connectivity index (χ1) is 26.6. The van der Waals surface area contributed by atoms with Crippen LogP contribution in [0.3, 0.4) is 0 Å². The number of carbonyl (C=O) groups excluding carboxylic acids is 4. The molecule has 0 atom stereocenters. The summed E-state index contributed by atoms with van der Waals surface area (Å²) in [4.78, 5) is 51.2. The third-order valence-corrected chi connectivity index (χ3v) is 10.4. The van der Waals surface area contributed by atoms with Gasteiger partial charge < -0.3 is 9.84 Å². The van der Waals surface area contributed by atoms with Crippen LogP contribution in [0.1, 0.15) is 74.8 Å². The second-order valence-electron chi connectivity index (χ2n) is 12.7. The number of carbonyl (C=O) groups is 4. The minimum absolute atomic E-state index is 0.202. The van der Waals surface area contributed by atoms with Crippen molar-refractivity contribution in [2.24, 2.45) is 0 Å². The fourth-order valence-electron chi connectivity index (χ4n) is 6.31. The van der Waals surface area contributed by atoms with Crippen molar-refractivity contribution in [2.75, 3.05) is 0 Å². The number of benzene rings is 6. The van der Waals surface area contributed by atoms with Crippen LogP contribution in [0.2, 0.25) is 5.02 Å². The predicted molar refractivity (Wildman–Crippen MR) is 211 cm³/mol. The van der Waals surface area contributed by atoms with E-state index in [9.17, 15) is 19.2 Å². The van der Waals surface area contributed by atoms with Crippen LogP contribution >= 0.6 is 35.1 Å². The molecule has 0 saturated heterocycles. The normalized spacial score (nSPS) is 12.5. The molecule has 13 heteroatoms. The molecule has 0 saturated carbocycles. The largest absolute Gasteiger partial charge is 0.508 e. The number of ether oxygens (including phenoxy) is 1. The van der Waals surface area contributed by atoms with Crippen molar-refractivity contribution >= 4 is 80.3 Å². The molecule has 10 nitrogen and oxygen atoms in total. The van der Waals surface area contributed by atoms with Gasteiger partial charge in [0.1, 0.15) is 33.6 Å². The maximum Gasteiger partial charge on any atom is 0.196 e. The molecule has 2 heterocycles. The molecule has 6 aromatic carbocycles. The van der Waals surface area contributed by atoms with E-state index in [1.807, 2.05) is 50.2 Å². The molecular weight excluding hydrogens is 756 g/mol. The highest BCUT2D eigenvalue weighted by molar-refractivity contribution is 7.00. The molecule has 0 spiro atoms. The Morgan fingerprint density at radius 1 is 0.509 bits per heavy atom. The Hall–Kier alpha value is -6.47. The van der Waals surface area contributed by atoms with E-state index in [0.717, 1.165) is 29.0 Å². The number of fused-ring (bicyclic) bond motifs is 8. The molecule has 0 bridgehead atoms. The predicted octanol–water partition coefficient (Wildman–Crippen LogP) is 9.39. The summed E-state index contributed by atoms with van der Waals surface area (Å²) >= 11 is 8.09. The second kappa shape index (κ2) is 14.4. The molecule has 2 aliphatic carbocycles. The molecule has 8 aromatic rings. The van der Waals surface area contributed by atoms with Crippen molar-refractivity contribution in [1.82, 2.24) is 17.5 Å². The molecule has 0 fully saturated rings. The lowest BCUT2D eigenvalue weighted by Gasteiger charge is -2.18. The average molecular weight is 781 g/mol. The summed E-state index contributed by atoms with van der Waals surface area (Å²) in [7, 11) is 0. The number of aromatic hydroxyl groups is 1.